The maximum atomic E-state index is 10.2. The lowest BCUT2D eigenvalue weighted by Crippen LogP contribution is -2.16. The van der Waals surface area contributed by atoms with Crippen molar-refractivity contribution in [1.82, 2.24) is 15.6 Å². The lowest BCUT2D eigenvalue weighted by atomic mass is 10.1. The number of carbonyl (C=O) groups is 1. The minimum Gasteiger partial charge on any atom is -0.508 e. The number of aromatic hydroxyl groups is 1. The second kappa shape index (κ2) is 8.64. The Morgan fingerprint density at radius 2 is 2.35 bits per heavy atom. The zero-order valence-electron chi connectivity index (χ0n) is 13.5. The second-order valence-electron chi connectivity index (χ2n) is 5.61. The van der Waals surface area contributed by atoms with Gasteiger partial charge in [-0.1, -0.05) is 12.1 Å². The first-order chi connectivity index (χ1) is 11.1. The average Bonchev–Trinajstić information content (AvgIpc) is 3.18. The van der Waals surface area contributed by atoms with E-state index in [1.54, 1.807) is 29.0 Å². The van der Waals surface area contributed by atoms with E-state index >= 15 is 0 Å². The summed E-state index contributed by atoms with van der Waals surface area (Å²) >= 11 is 1.54. The summed E-state index contributed by atoms with van der Waals surface area (Å²) in [6, 6.07) is 6.22. The maximum Gasteiger partial charge on any atom is 0.207 e. The van der Waals surface area contributed by atoms with Gasteiger partial charge in [0.25, 0.3) is 0 Å². The Kier molecular flexibility index (Phi) is 6.55. The number of amides is 1. The summed E-state index contributed by atoms with van der Waals surface area (Å²) in [6.07, 6.45) is 3.36. The smallest absolute Gasteiger partial charge is 0.207 e. The largest absolute Gasteiger partial charge is 0.508 e. The van der Waals surface area contributed by atoms with Crippen LogP contribution in [0.4, 0.5) is 0 Å². The molecule has 3 N–H and O–H groups in total. The first-order valence-corrected chi connectivity index (χ1v) is 8.62. The van der Waals surface area contributed by atoms with Gasteiger partial charge in [-0.05, 0) is 44.9 Å². The van der Waals surface area contributed by atoms with E-state index in [2.05, 4.69) is 22.5 Å². The molecule has 3 rings (SSSR count). The van der Waals surface area contributed by atoms with Crippen LogP contribution >= 0.6 is 11.3 Å². The zero-order valence-corrected chi connectivity index (χ0v) is 14.3. The number of aromatic nitrogens is 1. The number of phenols is 1. The van der Waals surface area contributed by atoms with Gasteiger partial charge in [-0.3, -0.25) is 4.79 Å². The number of phenolic OH excluding ortho intramolecular Hbond substituents is 1. The van der Waals surface area contributed by atoms with Crippen LogP contribution in [0.2, 0.25) is 0 Å². The molecule has 1 fully saturated rings. The molecule has 0 bridgehead atoms. The molecule has 0 spiro atoms. The molecule has 6 heteroatoms. The number of aryl methyl sites for hydroxylation is 1. The molecule has 2 heterocycles. The Morgan fingerprint density at radius 3 is 2.83 bits per heavy atom. The number of thiazole rings is 1. The first-order valence-electron chi connectivity index (χ1n) is 7.74. The van der Waals surface area contributed by atoms with E-state index in [0.29, 0.717) is 18.5 Å². The predicted octanol–water partition coefficient (Wildman–Crippen LogP) is 2.83. The third-order valence-corrected chi connectivity index (χ3v) is 4.75. The van der Waals surface area contributed by atoms with E-state index in [1.165, 1.54) is 19.4 Å². The Morgan fingerprint density at radius 1 is 1.52 bits per heavy atom. The Balaban J connectivity index is 0.000000268. The number of hydrogen-bond donors (Lipinski definition) is 3. The molecule has 1 aliphatic rings. The van der Waals surface area contributed by atoms with Gasteiger partial charge in [-0.25, -0.2) is 4.98 Å². The SMILES string of the molecule is CC1CCCN1.Cc1ncsc1-c1ccc(CNC=O)c(O)c1. The number of hydrogen-bond acceptors (Lipinski definition) is 5. The van der Waals surface area contributed by atoms with Crippen LogP contribution in [-0.4, -0.2) is 29.1 Å². The minimum absolute atomic E-state index is 0.185. The molecule has 5 nitrogen and oxygen atoms in total. The molecule has 1 aromatic carbocycles. The lowest BCUT2D eigenvalue weighted by molar-refractivity contribution is -0.109. The predicted molar refractivity (Wildman–Crippen MR) is 93.6 cm³/mol. The van der Waals surface area contributed by atoms with Crippen molar-refractivity contribution in [3.63, 3.8) is 0 Å². The molecule has 1 aliphatic heterocycles. The lowest BCUT2D eigenvalue weighted by Gasteiger charge is -2.06. The summed E-state index contributed by atoms with van der Waals surface area (Å²) in [5.41, 5.74) is 4.37. The number of carbonyl (C=O) groups excluding carboxylic acids is 1. The first kappa shape index (κ1) is 17.4. The molecule has 0 aliphatic carbocycles. The third kappa shape index (κ3) is 5.04. The molecule has 0 saturated carbocycles. The van der Waals surface area contributed by atoms with Gasteiger partial charge in [0.2, 0.25) is 6.41 Å². The fraction of sp³-hybridized carbons (Fsp3) is 0.412. The Bertz CT molecular complexity index is 637. The minimum atomic E-state index is 0.185. The van der Waals surface area contributed by atoms with Crippen LogP contribution < -0.4 is 10.6 Å². The van der Waals surface area contributed by atoms with E-state index in [-0.39, 0.29) is 5.75 Å². The molecule has 2 aromatic rings. The van der Waals surface area contributed by atoms with Gasteiger partial charge in [0.05, 0.1) is 16.1 Å². The van der Waals surface area contributed by atoms with Crippen LogP contribution in [0.15, 0.2) is 23.7 Å². The monoisotopic (exact) mass is 333 g/mol. The van der Waals surface area contributed by atoms with Crippen molar-refractivity contribution in [2.24, 2.45) is 0 Å². The number of benzene rings is 1. The highest BCUT2D eigenvalue weighted by Crippen LogP contribution is 2.31. The molecule has 1 amide bonds. The maximum absolute atomic E-state index is 10.2. The topological polar surface area (TPSA) is 74.2 Å². The van der Waals surface area contributed by atoms with Crippen LogP contribution in [0.5, 0.6) is 5.75 Å². The van der Waals surface area contributed by atoms with Crippen molar-refractivity contribution >= 4 is 17.7 Å². The average molecular weight is 333 g/mol. The van der Waals surface area contributed by atoms with Crippen molar-refractivity contribution in [3.05, 3.63) is 35.0 Å². The highest BCUT2D eigenvalue weighted by atomic mass is 32.1. The van der Waals surface area contributed by atoms with E-state index in [9.17, 15) is 9.90 Å². The molecule has 1 atom stereocenters. The molecule has 23 heavy (non-hydrogen) atoms. The number of nitrogens with one attached hydrogen (secondary N) is 2. The number of nitrogens with zero attached hydrogens (tertiary/aromatic N) is 1. The molecule has 1 unspecified atom stereocenters. The van der Waals surface area contributed by atoms with Gasteiger partial charge in [0.15, 0.2) is 0 Å². The summed E-state index contributed by atoms with van der Waals surface area (Å²) in [5, 5.41) is 15.7. The highest BCUT2D eigenvalue weighted by molar-refractivity contribution is 7.13. The fourth-order valence-electron chi connectivity index (χ4n) is 2.44. The zero-order chi connectivity index (χ0) is 16.7. The second-order valence-corrected chi connectivity index (χ2v) is 6.46. The normalized spacial score (nSPS) is 16.5. The van der Waals surface area contributed by atoms with E-state index < -0.39 is 0 Å². The van der Waals surface area contributed by atoms with Crippen molar-refractivity contribution in [2.45, 2.75) is 39.3 Å². The van der Waals surface area contributed by atoms with Gasteiger partial charge >= 0.3 is 0 Å². The third-order valence-electron chi connectivity index (χ3n) is 3.78. The van der Waals surface area contributed by atoms with Crippen LogP contribution in [0.25, 0.3) is 10.4 Å². The summed E-state index contributed by atoms with van der Waals surface area (Å²) in [5.74, 6) is 0.185. The van der Waals surface area contributed by atoms with Crippen molar-refractivity contribution in [3.8, 4) is 16.2 Å². The Labute approximate surface area is 140 Å². The van der Waals surface area contributed by atoms with Gasteiger partial charge in [0.1, 0.15) is 5.75 Å². The summed E-state index contributed by atoms with van der Waals surface area (Å²) < 4.78 is 0. The Hall–Kier alpha value is -1.92. The van der Waals surface area contributed by atoms with Crippen molar-refractivity contribution in [2.75, 3.05) is 6.54 Å². The van der Waals surface area contributed by atoms with Crippen LogP contribution in [-0.2, 0) is 11.3 Å². The molecule has 1 aromatic heterocycles. The van der Waals surface area contributed by atoms with Gasteiger partial charge < -0.3 is 15.7 Å². The van der Waals surface area contributed by atoms with Gasteiger partial charge in [-0.15, -0.1) is 11.3 Å². The quantitative estimate of drug-likeness (QED) is 0.752. The van der Waals surface area contributed by atoms with E-state index in [0.717, 1.165) is 22.2 Å². The van der Waals surface area contributed by atoms with Crippen LogP contribution in [0, 0.1) is 6.92 Å². The number of rotatable bonds is 4. The molecule has 0 radical (unpaired) electrons. The van der Waals surface area contributed by atoms with Crippen molar-refractivity contribution in [1.29, 1.82) is 0 Å². The van der Waals surface area contributed by atoms with Crippen molar-refractivity contribution < 1.29 is 9.90 Å². The summed E-state index contributed by atoms with van der Waals surface area (Å²) in [4.78, 5) is 15.4. The molecular formula is C17H23N3O2S. The van der Waals surface area contributed by atoms with E-state index in [1.807, 2.05) is 13.0 Å². The summed E-state index contributed by atoms with van der Waals surface area (Å²) in [6.45, 7) is 5.73. The van der Waals surface area contributed by atoms with E-state index in [4.69, 9.17) is 0 Å². The highest BCUT2D eigenvalue weighted by Gasteiger charge is 2.08. The molecule has 1 saturated heterocycles. The fourth-order valence-corrected chi connectivity index (χ4v) is 3.25. The molecule has 124 valence electrons. The summed E-state index contributed by atoms with van der Waals surface area (Å²) in [7, 11) is 0. The standard InChI is InChI=1S/C12H12N2O2S.C5H11N/c1-8-12(17-7-14-8)9-2-3-10(5-13-6-15)11(16)4-9;1-5-3-2-4-6-5/h2-4,6-7,16H,5H2,1H3,(H,13,15);5-6H,2-4H2,1H3. The van der Waals surface area contributed by atoms with Crippen LogP contribution in [0.3, 0.4) is 0 Å². The molecular weight excluding hydrogens is 310 g/mol. The van der Waals surface area contributed by atoms with Gasteiger partial charge in [0, 0.05) is 18.2 Å². The van der Waals surface area contributed by atoms with Crippen LogP contribution in [0.1, 0.15) is 31.0 Å². The van der Waals surface area contributed by atoms with Gasteiger partial charge in [-0.2, -0.15) is 0 Å².